The van der Waals surface area contributed by atoms with Gasteiger partial charge >= 0.3 is 5.97 Å². The first kappa shape index (κ1) is 14.0. The maximum Gasteiger partial charge on any atom is 0.341 e. The van der Waals surface area contributed by atoms with Gasteiger partial charge in [0.1, 0.15) is 12.4 Å². The highest BCUT2D eigenvalue weighted by molar-refractivity contribution is 5.88. The minimum Gasteiger partial charge on any atom is -0.490 e. The highest BCUT2D eigenvalue weighted by Crippen LogP contribution is 2.10. The Bertz CT molecular complexity index is 581. The van der Waals surface area contributed by atoms with Gasteiger partial charge in [0.05, 0.1) is 31.1 Å². The van der Waals surface area contributed by atoms with Crippen LogP contribution in [-0.2, 0) is 11.3 Å². The van der Waals surface area contributed by atoms with Crippen molar-refractivity contribution in [3.05, 3.63) is 42.0 Å². The van der Waals surface area contributed by atoms with Crippen LogP contribution in [-0.4, -0.2) is 33.9 Å². The molecule has 2 rings (SSSR count). The zero-order chi connectivity index (χ0) is 14.4. The van der Waals surface area contributed by atoms with E-state index in [4.69, 9.17) is 9.47 Å². The van der Waals surface area contributed by atoms with E-state index in [9.17, 15) is 4.79 Å². The number of nitrogens with zero attached hydrogens (tertiary/aromatic N) is 3. The lowest BCUT2D eigenvalue weighted by Gasteiger charge is -2.06. The van der Waals surface area contributed by atoms with E-state index in [0.717, 1.165) is 11.3 Å². The first-order chi connectivity index (χ1) is 9.69. The Morgan fingerprint density at radius 2 is 2.20 bits per heavy atom. The molecule has 0 aliphatic carbocycles. The third-order valence-corrected chi connectivity index (χ3v) is 2.58. The maximum absolute atomic E-state index is 11.5. The number of pyridine rings is 1. The molecule has 0 saturated carbocycles. The smallest absolute Gasteiger partial charge is 0.341 e. The second-order valence-corrected chi connectivity index (χ2v) is 4.26. The monoisotopic (exact) mass is 275 g/mol. The van der Waals surface area contributed by atoms with Gasteiger partial charge in [0.25, 0.3) is 0 Å². The molecule has 0 unspecified atom stereocenters. The molecule has 0 atom stereocenters. The van der Waals surface area contributed by atoms with Crippen LogP contribution >= 0.6 is 0 Å². The molecular weight excluding hydrogens is 258 g/mol. The van der Waals surface area contributed by atoms with Crippen molar-refractivity contribution < 1.29 is 14.3 Å². The van der Waals surface area contributed by atoms with Gasteiger partial charge < -0.3 is 9.47 Å². The van der Waals surface area contributed by atoms with E-state index < -0.39 is 0 Å². The summed E-state index contributed by atoms with van der Waals surface area (Å²) in [6.07, 6.45) is 6.58. The summed E-state index contributed by atoms with van der Waals surface area (Å²) >= 11 is 0. The molecule has 0 radical (unpaired) electrons. The van der Waals surface area contributed by atoms with Gasteiger partial charge in [-0.1, -0.05) is 0 Å². The summed E-state index contributed by atoms with van der Waals surface area (Å²) in [5.41, 5.74) is 1.50. The molecule has 106 valence electrons. The Hall–Kier alpha value is -2.37. The van der Waals surface area contributed by atoms with Crippen LogP contribution in [0, 0.1) is 6.92 Å². The van der Waals surface area contributed by atoms with Crippen molar-refractivity contribution in [2.45, 2.75) is 20.4 Å². The molecule has 2 aromatic rings. The predicted octanol–water partition coefficient (Wildman–Crippen LogP) is 1.84. The average molecular weight is 275 g/mol. The zero-order valence-corrected chi connectivity index (χ0v) is 11.6. The number of aryl methyl sites for hydroxylation is 1. The predicted molar refractivity (Wildman–Crippen MR) is 72.7 cm³/mol. The van der Waals surface area contributed by atoms with Gasteiger partial charge in [-0.25, -0.2) is 4.79 Å². The highest BCUT2D eigenvalue weighted by Gasteiger charge is 2.09. The van der Waals surface area contributed by atoms with E-state index >= 15 is 0 Å². The summed E-state index contributed by atoms with van der Waals surface area (Å²) < 4.78 is 12.1. The number of carbonyl (C=O) groups excluding carboxylic acids is 1. The summed E-state index contributed by atoms with van der Waals surface area (Å²) in [6, 6.07) is 1.92. The van der Waals surface area contributed by atoms with Crippen molar-refractivity contribution in [2.24, 2.45) is 0 Å². The molecular formula is C14H17N3O3. The van der Waals surface area contributed by atoms with Crippen LogP contribution in [0.2, 0.25) is 0 Å². The third kappa shape index (κ3) is 3.81. The van der Waals surface area contributed by atoms with Gasteiger partial charge in [-0.2, -0.15) is 5.10 Å². The summed E-state index contributed by atoms with van der Waals surface area (Å²) in [4.78, 5) is 15.5. The number of carbonyl (C=O) groups is 1. The molecule has 0 saturated heterocycles. The average Bonchev–Trinajstić information content (AvgIpc) is 2.88. The van der Waals surface area contributed by atoms with E-state index in [1.165, 1.54) is 6.20 Å². The van der Waals surface area contributed by atoms with E-state index in [0.29, 0.717) is 25.3 Å². The van der Waals surface area contributed by atoms with Gasteiger partial charge in [0.15, 0.2) is 0 Å². The van der Waals surface area contributed by atoms with Crippen LogP contribution in [0.25, 0.3) is 0 Å². The second kappa shape index (κ2) is 6.70. The van der Waals surface area contributed by atoms with Gasteiger partial charge in [-0.15, -0.1) is 0 Å². The molecule has 0 aromatic carbocycles. The quantitative estimate of drug-likeness (QED) is 0.753. The molecule has 0 bridgehead atoms. The highest BCUT2D eigenvalue weighted by atomic mass is 16.5. The van der Waals surface area contributed by atoms with Crippen molar-refractivity contribution in [3.8, 4) is 5.75 Å². The Morgan fingerprint density at radius 1 is 1.35 bits per heavy atom. The van der Waals surface area contributed by atoms with Crippen molar-refractivity contribution >= 4 is 5.97 Å². The molecule has 6 nitrogen and oxygen atoms in total. The van der Waals surface area contributed by atoms with Crippen molar-refractivity contribution in [1.29, 1.82) is 0 Å². The number of hydrogen-bond donors (Lipinski definition) is 0. The zero-order valence-electron chi connectivity index (χ0n) is 11.6. The van der Waals surface area contributed by atoms with E-state index in [-0.39, 0.29) is 5.97 Å². The van der Waals surface area contributed by atoms with E-state index in [1.54, 1.807) is 30.2 Å². The van der Waals surface area contributed by atoms with Crippen LogP contribution < -0.4 is 4.74 Å². The maximum atomic E-state index is 11.5. The molecule has 6 heteroatoms. The first-order valence-corrected chi connectivity index (χ1v) is 6.43. The molecule has 2 aromatic heterocycles. The molecule has 2 heterocycles. The van der Waals surface area contributed by atoms with Crippen molar-refractivity contribution in [2.75, 3.05) is 13.2 Å². The van der Waals surface area contributed by atoms with Crippen LogP contribution in [0.5, 0.6) is 5.75 Å². The molecule has 0 spiro atoms. The van der Waals surface area contributed by atoms with Crippen molar-refractivity contribution in [3.63, 3.8) is 0 Å². The lowest BCUT2D eigenvalue weighted by Crippen LogP contribution is -2.09. The molecule has 0 aliphatic rings. The largest absolute Gasteiger partial charge is 0.490 e. The number of hydrogen-bond acceptors (Lipinski definition) is 5. The molecule has 0 fully saturated rings. The van der Waals surface area contributed by atoms with Crippen molar-refractivity contribution in [1.82, 2.24) is 14.8 Å². The third-order valence-electron chi connectivity index (χ3n) is 2.58. The van der Waals surface area contributed by atoms with Crippen LogP contribution in [0.15, 0.2) is 30.9 Å². The fourth-order valence-electron chi connectivity index (χ4n) is 1.67. The standard InChI is InChI=1S/C14H17N3O3/c1-3-19-14(18)12-8-16-17(10-12)4-5-20-13-6-11(2)7-15-9-13/h6-10H,3-5H2,1-2H3. The van der Waals surface area contributed by atoms with Gasteiger partial charge in [-0.3, -0.25) is 9.67 Å². The van der Waals surface area contributed by atoms with Gasteiger partial charge in [-0.05, 0) is 25.5 Å². The van der Waals surface area contributed by atoms with E-state index in [1.807, 2.05) is 13.0 Å². The fraction of sp³-hybridized carbons (Fsp3) is 0.357. The van der Waals surface area contributed by atoms with Gasteiger partial charge in [0, 0.05) is 12.4 Å². The van der Waals surface area contributed by atoms with Gasteiger partial charge in [0.2, 0.25) is 0 Å². The summed E-state index contributed by atoms with van der Waals surface area (Å²) in [6.45, 7) is 5.08. The molecule has 0 N–H and O–H groups in total. The topological polar surface area (TPSA) is 66.2 Å². The minimum absolute atomic E-state index is 0.355. The van der Waals surface area contributed by atoms with E-state index in [2.05, 4.69) is 10.1 Å². The molecule has 0 aliphatic heterocycles. The Balaban J connectivity index is 1.84. The minimum atomic E-state index is -0.359. The lowest BCUT2D eigenvalue weighted by atomic mass is 10.3. The van der Waals surface area contributed by atoms with Crippen LogP contribution in [0.1, 0.15) is 22.8 Å². The normalized spacial score (nSPS) is 10.3. The first-order valence-electron chi connectivity index (χ1n) is 6.43. The number of aromatic nitrogens is 3. The number of rotatable bonds is 6. The summed E-state index contributed by atoms with van der Waals surface area (Å²) in [5, 5.41) is 4.09. The lowest BCUT2D eigenvalue weighted by molar-refractivity contribution is 0.0526. The summed E-state index contributed by atoms with van der Waals surface area (Å²) in [5.74, 6) is 0.366. The molecule has 0 amide bonds. The number of esters is 1. The Morgan fingerprint density at radius 3 is 2.95 bits per heavy atom. The fourth-order valence-corrected chi connectivity index (χ4v) is 1.67. The SMILES string of the molecule is CCOC(=O)c1cnn(CCOc2cncc(C)c2)c1. The second-order valence-electron chi connectivity index (χ2n) is 4.26. The summed E-state index contributed by atoms with van der Waals surface area (Å²) in [7, 11) is 0. The Kier molecular flexibility index (Phi) is 4.70. The number of ether oxygens (including phenoxy) is 2. The Labute approximate surface area is 117 Å². The van der Waals surface area contributed by atoms with Crippen LogP contribution in [0.3, 0.4) is 0 Å². The van der Waals surface area contributed by atoms with Crippen LogP contribution in [0.4, 0.5) is 0 Å². The molecule has 20 heavy (non-hydrogen) atoms.